The van der Waals surface area contributed by atoms with Crippen molar-refractivity contribution in [1.29, 1.82) is 0 Å². The van der Waals surface area contributed by atoms with Crippen LogP contribution in [0.5, 0.6) is 0 Å². The summed E-state index contributed by atoms with van der Waals surface area (Å²) >= 11 is 0. The third-order valence-electron chi connectivity index (χ3n) is 4.37. The summed E-state index contributed by atoms with van der Waals surface area (Å²) in [5, 5.41) is 9.90. The van der Waals surface area contributed by atoms with E-state index < -0.39 is 11.0 Å². The quantitative estimate of drug-likeness (QED) is 0.907. The van der Waals surface area contributed by atoms with E-state index in [2.05, 4.69) is 0 Å². The van der Waals surface area contributed by atoms with Crippen LogP contribution in [0.25, 0.3) is 0 Å². The fourth-order valence-corrected chi connectivity index (χ4v) is 3.01. The molecule has 23 heavy (non-hydrogen) atoms. The molecule has 1 aliphatic heterocycles. The Bertz CT molecular complexity index is 572. The first-order chi connectivity index (χ1) is 10.7. The molecule has 5 heteroatoms. The van der Waals surface area contributed by atoms with E-state index in [1.165, 1.54) is 6.07 Å². The van der Waals surface area contributed by atoms with E-state index in [0.717, 1.165) is 5.56 Å². The first-order valence-corrected chi connectivity index (χ1v) is 8.02. The summed E-state index contributed by atoms with van der Waals surface area (Å²) in [5.41, 5.74) is 0.224. The molecule has 1 heterocycles. The number of halogens is 1. The first kappa shape index (κ1) is 17.7. The summed E-state index contributed by atoms with van der Waals surface area (Å²) in [6.45, 7) is 8.09. The van der Waals surface area contributed by atoms with Gasteiger partial charge in [-0.05, 0) is 57.7 Å². The highest BCUT2D eigenvalue weighted by Crippen LogP contribution is 2.37. The van der Waals surface area contributed by atoms with Crippen LogP contribution in [-0.4, -0.2) is 41.4 Å². The van der Waals surface area contributed by atoms with Crippen LogP contribution in [0.4, 0.5) is 9.18 Å². The van der Waals surface area contributed by atoms with Gasteiger partial charge in [0.15, 0.2) is 0 Å². The van der Waals surface area contributed by atoms with Gasteiger partial charge in [0.05, 0.1) is 6.61 Å². The third-order valence-corrected chi connectivity index (χ3v) is 4.37. The van der Waals surface area contributed by atoms with Gasteiger partial charge in [-0.2, -0.15) is 0 Å². The predicted octanol–water partition coefficient (Wildman–Crippen LogP) is 3.40. The number of aliphatic hydroxyl groups excluding tert-OH is 1. The lowest BCUT2D eigenvalue weighted by atomic mass is 9.73. The lowest BCUT2D eigenvalue weighted by Crippen LogP contribution is -2.48. The van der Waals surface area contributed by atoms with E-state index in [-0.39, 0.29) is 18.5 Å². The zero-order valence-electron chi connectivity index (χ0n) is 14.4. The van der Waals surface area contributed by atoms with Gasteiger partial charge < -0.3 is 14.7 Å². The third kappa shape index (κ3) is 4.02. The summed E-state index contributed by atoms with van der Waals surface area (Å²) < 4.78 is 19.7. The smallest absolute Gasteiger partial charge is 0.410 e. The molecule has 0 spiro atoms. The van der Waals surface area contributed by atoms with Crippen LogP contribution >= 0.6 is 0 Å². The van der Waals surface area contributed by atoms with Crippen LogP contribution in [0.15, 0.2) is 18.2 Å². The van der Waals surface area contributed by atoms with Gasteiger partial charge in [-0.25, -0.2) is 9.18 Å². The van der Waals surface area contributed by atoms with E-state index in [4.69, 9.17) is 4.74 Å². The molecule has 0 aliphatic carbocycles. The van der Waals surface area contributed by atoms with E-state index in [1.807, 2.05) is 33.8 Å². The van der Waals surface area contributed by atoms with Crippen LogP contribution in [0.1, 0.15) is 44.7 Å². The molecule has 1 N–H and O–H groups in total. The number of nitrogens with zero attached hydrogens (tertiary/aromatic N) is 1. The molecule has 0 radical (unpaired) electrons. The molecule has 1 saturated heterocycles. The maximum absolute atomic E-state index is 14.3. The Labute approximate surface area is 137 Å². The number of aryl methyl sites for hydroxylation is 1. The number of likely N-dealkylation sites (tertiary alicyclic amines) is 1. The maximum atomic E-state index is 14.3. The molecular weight excluding hydrogens is 297 g/mol. The van der Waals surface area contributed by atoms with Gasteiger partial charge >= 0.3 is 6.09 Å². The Kier molecular flexibility index (Phi) is 4.99. The Balaban J connectivity index is 2.12. The fourth-order valence-electron chi connectivity index (χ4n) is 3.01. The van der Waals surface area contributed by atoms with Gasteiger partial charge in [-0.15, -0.1) is 0 Å². The molecule has 0 aromatic heterocycles. The molecule has 1 fully saturated rings. The van der Waals surface area contributed by atoms with Gasteiger partial charge in [0.25, 0.3) is 0 Å². The van der Waals surface area contributed by atoms with Crippen LogP contribution in [0.3, 0.4) is 0 Å². The number of rotatable bonds is 2. The van der Waals surface area contributed by atoms with E-state index in [0.29, 0.717) is 31.5 Å². The van der Waals surface area contributed by atoms with Crippen molar-refractivity contribution in [3.63, 3.8) is 0 Å². The summed E-state index contributed by atoms with van der Waals surface area (Å²) in [6.07, 6.45) is 0.680. The number of hydrogen-bond acceptors (Lipinski definition) is 3. The molecule has 2 rings (SSSR count). The first-order valence-electron chi connectivity index (χ1n) is 8.02. The zero-order valence-corrected chi connectivity index (χ0v) is 14.4. The molecule has 0 bridgehead atoms. The van der Waals surface area contributed by atoms with Gasteiger partial charge in [0, 0.05) is 18.5 Å². The Hall–Kier alpha value is -1.62. The minimum absolute atomic E-state index is 0.130. The average Bonchev–Trinajstić information content (AvgIpc) is 2.45. The SMILES string of the molecule is Cc1ccc(C2(CO)CCN(C(=O)OC(C)(C)C)CC2)c(F)c1. The van der Waals surface area contributed by atoms with Gasteiger partial charge in [0.2, 0.25) is 0 Å². The highest BCUT2D eigenvalue weighted by molar-refractivity contribution is 5.68. The van der Waals surface area contributed by atoms with Crippen molar-refractivity contribution in [1.82, 2.24) is 4.90 Å². The number of carbonyl (C=O) groups is 1. The molecule has 0 saturated carbocycles. The number of aliphatic hydroxyl groups is 1. The van der Waals surface area contributed by atoms with Crippen molar-refractivity contribution in [3.05, 3.63) is 35.1 Å². The second-order valence-electron chi connectivity index (χ2n) is 7.39. The topological polar surface area (TPSA) is 49.8 Å². The number of hydrogen-bond donors (Lipinski definition) is 1. The highest BCUT2D eigenvalue weighted by atomic mass is 19.1. The molecule has 0 atom stereocenters. The minimum atomic E-state index is -0.629. The number of ether oxygens (including phenoxy) is 1. The van der Waals surface area contributed by atoms with Crippen LogP contribution in [-0.2, 0) is 10.2 Å². The number of benzene rings is 1. The number of piperidine rings is 1. The normalized spacial score (nSPS) is 17.9. The number of carbonyl (C=O) groups excluding carboxylic acids is 1. The van der Waals surface area contributed by atoms with Crippen molar-refractivity contribution in [3.8, 4) is 0 Å². The van der Waals surface area contributed by atoms with Gasteiger partial charge in [-0.3, -0.25) is 0 Å². The maximum Gasteiger partial charge on any atom is 0.410 e. The monoisotopic (exact) mass is 323 g/mol. The molecule has 0 unspecified atom stereocenters. The minimum Gasteiger partial charge on any atom is -0.444 e. The van der Waals surface area contributed by atoms with Gasteiger partial charge in [-0.1, -0.05) is 12.1 Å². The lowest BCUT2D eigenvalue weighted by Gasteiger charge is -2.41. The molecule has 1 aromatic carbocycles. The van der Waals surface area contributed by atoms with E-state index >= 15 is 0 Å². The summed E-state index contributed by atoms with van der Waals surface area (Å²) in [7, 11) is 0. The van der Waals surface area contributed by atoms with Crippen LogP contribution in [0, 0.1) is 12.7 Å². The summed E-state index contributed by atoms with van der Waals surface area (Å²) in [4.78, 5) is 13.8. The van der Waals surface area contributed by atoms with Crippen molar-refractivity contribution in [2.24, 2.45) is 0 Å². The standard InChI is InChI=1S/C18H26FNO3/c1-13-5-6-14(15(19)11-13)18(12-21)7-9-20(10-8-18)16(22)23-17(2,3)4/h5-6,11,21H,7-10,12H2,1-4H3. The predicted molar refractivity (Wildman–Crippen MR) is 86.9 cm³/mol. The number of amides is 1. The largest absolute Gasteiger partial charge is 0.444 e. The molecule has 4 nitrogen and oxygen atoms in total. The van der Waals surface area contributed by atoms with Crippen molar-refractivity contribution < 1.29 is 19.0 Å². The Morgan fingerprint density at radius 1 is 1.35 bits per heavy atom. The van der Waals surface area contributed by atoms with Crippen molar-refractivity contribution in [2.45, 2.75) is 51.6 Å². The molecule has 1 amide bonds. The zero-order chi connectivity index (χ0) is 17.3. The summed E-state index contributed by atoms with van der Waals surface area (Å²) in [6, 6.07) is 5.10. The van der Waals surface area contributed by atoms with E-state index in [9.17, 15) is 14.3 Å². The molecule has 1 aromatic rings. The van der Waals surface area contributed by atoms with Crippen LogP contribution in [0.2, 0.25) is 0 Å². The highest BCUT2D eigenvalue weighted by Gasteiger charge is 2.39. The van der Waals surface area contributed by atoms with E-state index in [1.54, 1.807) is 11.0 Å². The Morgan fingerprint density at radius 3 is 2.43 bits per heavy atom. The molecule has 1 aliphatic rings. The van der Waals surface area contributed by atoms with Crippen molar-refractivity contribution in [2.75, 3.05) is 19.7 Å². The fraction of sp³-hybridized carbons (Fsp3) is 0.611. The Morgan fingerprint density at radius 2 is 1.96 bits per heavy atom. The molecular formula is C18H26FNO3. The molecule has 128 valence electrons. The van der Waals surface area contributed by atoms with Crippen molar-refractivity contribution >= 4 is 6.09 Å². The van der Waals surface area contributed by atoms with Gasteiger partial charge in [0.1, 0.15) is 11.4 Å². The summed E-state index contributed by atoms with van der Waals surface area (Å²) in [5.74, 6) is -0.287. The second-order valence-corrected chi connectivity index (χ2v) is 7.39. The lowest BCUT2D eigenvalue weighted by molar-refractivity contribution is 0.0120. The second kappa shape index (κ2) is 6.48. The average molecular weight is 323 g/mol. The van der Waals surface area contributed by atoms with Crippen LogP contribution < -0.4 is 0 Å².